The first-order chi connectivity index (χ1) is 7.06. The van der Waals surface area contributed by atoms with Crippen LogP contribution >= 0.6 is 0 Å². The predicted octanol–water partition coefficient (Wildman–Crippen LogP) is 1.20. The molecule has 1 amide bonds. The van der Waals surface area contributed by atoms with Crippen LogP contribution in [0.25, 0.3) is 0 Å². The molecule has 1 N–H and O–H groups in total. The SMILES string of the molecule is Cc1cc(F)ccc1C(=O)N(C)CCO. The highest BCUT2D eigenvalue weighted by Gasteiger charge is 2.13. The van der Waals surface area contributed by atoms with E-state index < -0.39 is 0 Å². The van der Waals surface area contributed by atoms with E-state index in [-0.39, 0.29) is 24.9 Å². The number of aryl methyl sites for hydroxylation is 1. The fourth-order valence-corrected chi connectivity index (χ4v) is 1.32. The number of hydrogen-bond donors (Lipinski definition) is 1. The Morgan fingerprint density at radius 1 is 1.53 bits per heavy atom. The van der Waals surface area contributed by atoms with Crippen LogP contribution in [0.5, 0.6) is 0 Å². The lowest BCUT2D eigenvalue weighted by atomic mass is 10.1. The number of amides is 1. The molecule has 0 saturated heterocycles. The second-order valence-corrected chi connectivity index (χ2v) is 3.41. The van der Waals surface area contributed by atoms with Crippen LogP contribution in [0.15, 0.2) is 18.2 Å². The summed E-state index contributed by atoms with van der Waals surface area (Å²) in [5.74, 6) is -0.560. The molecule has 1 aromatic carbocycles. The summed E-state index contributed by atoms with van der Waals surface area (Å²) in [6, 6.07) is 4.04. The lowest BCUT2D eigenvalue weighted by molar-refractivity contribution is 0.0766. The molecule has 82 valence electrons. The second kappa shape index (κ2) is 4.89. The summed E-state index contributed by atoms with van der Waals surface area (Å²) in [7, 11) is 1.60. The molecular formula is C11H14FNO2. The largest absolute Gasteiger partial charge is 0.395 e. The number of benzene rings is 1. The standard InChI is InChI=1S/C11H14FNO2/c1-8-7-9(12)3-4-10(8)11(15)13(2)5-6-14/h3-4,7,14H,5-6H2,1-2H3. The van der Waals surface area contributed by atoms with Crippen LogP contribution < -0.4 is 0 Å². The molecule has 0 aromatic heterocycles. The average molecular weight is 211 g/mol. The van der Waals surface area contributed by atoms with Crippen molar-refractivity contribution < 1.29 is 14.3 Å². The van der Waals surface area contributed by atoms with Crippen molar-refractivity contribution in [3.8, 4) is 0 Å². The summed E-state index contributed by atoms with van der Waals surface area (Å²) in [5.41, 5.74) is 1.07. The van der Waals surface area contributed by atoms with E-state index in [9.17, 15) is 9.18 Å². The van der Waals surface area contributed by atoms with Crippen LogP contribution in [0.4, 0.5) is 4.39 Å². The third-order valence-electron chi connectivity index (χ3n) is 2.20. The Bertz CT molecular complexity index is 366. The molecule has 0 bridgehead atoms. The van der Waals surface area contributed by atoms with E-state index in [0.29, 0.717) is 11.1 Å². The maximum Gasteiger partial charge on any atom is 0.253 e. The summed E-state index contributed by atoms with van der Waals surface area (Å²) in [6.45, 7) is 1.88. The first-order valence-electron chi connectivity index (χ1n) is 4.68. The van der Waals surface area contributed by atoms with Gasteiger partial charge in [-0.15, -0.1) is 0 Å². The van der Waals surface area contributed by atoms with Gasteiger partial charge in [-0.2, -0.15) is 0 Å². The van der Waals surface area contributed by atoms with Crippen LogP contribution in [0.3, 0.4) is 0 Å². The van der Waals surface area contributed by atoms with Crippen molar-refractivity contribution in [2.45, 2.75) is 6.92 Å². The molecular weight excluding hydrogens is 197 g/mol. The normalized spacial score (nSPS) is 10.1. The molecule has 0 aliphatic heterocycles. The highest BCUT2D eigenvalue weighted by molar-refractivity contribution is 5.95. The Morgan fingerprint density at radius 2 is 2.20 bits per heavy atom. The molecule has 0 aliphatic rings. The Kier molecular flexibility index (Phi) is 3.80. The number of rotatable bonds is 3. The minimum Gasteiger partial charge on any atom is -0.395 e. The lowest BCUT2D eigenvalue weighted by Gasteiger charge is -2.16. The van der Waals surface area contributed by atoms with E-state index in [0.717, 1.165) is 0 Å². The fourth-order valence-electron chi connectivity index (χ4n) is 1.32. The summed E-state index contributed by atoms with van der Waals surface area (Å²) in [5, 5.41) is 8.69. The fraction of sp³-hybridized carbons (Fsp3) is 0.364. The van der Waals surface area contributed by atoms with E-state index in [1.807, 2.05) is 0 Å². The number of aliphatic hydroxyl groups excluding tert-OH is 1. The van der Waals surface area contributed by atoms with Gasteiger partial charge >= 0.3 is 0 Å². The Balaban J connectivity index is 2.91. The molecule has 15 heavy (non-hydrogen) atoms. The molecule has 0 fully saturated rings. The van der Waals surface area contributed by atoms with Gasteiger partial charge in [0, 0.05) is 19.2 Å². The van der Waals surface area contributed by atoms with Crippen LogP contribution in [-0.4, -0.2) is 36.1 Å². The van der Waals surface area contributed by atoms with Crippen molar-refractivity contribution in [3.05, 3.63) is 35.1 Å². The van der Waals surface area contributed by atoms with Gasteiger partial charge in [0.25, 0.3) is 5.91 Å². The smallest absolute Gasteiger partial charge is 0.253 e. The van der Waals surface area contributed by atoms with Gasteiger partial charge in [0.05, 0.1) is 6.61 Å². The molecule has 0 saturated carbocycles. The van der Waals surface area contributed by atoms with Crippen molar-refractivity contribution in [1.82, 2.24) is 4.90 Å². The van der Waals surface area contributed by atoms with Crippen molar-refractivity contribution in [3.63, 3.8) is 0 Å². The zero-order valence-corrected chi connectivity index (χ0v) is 8.83. The third-order valence-corrected chi connectivity index (χ3v) is 2.20. The molecule has 0 radical (unpaired) electrons. The molecule has 0 heterocycles. The molecule has 0 spiro atoms. The maximum atomic E-state index is 12.8. The van der Waals surface area contributed by atoms with E-state index in [1.165, 1.54) is 23.1 Å². The second-order valence-electron chi connectivity index (χ2n) is 3.41. The maximum absolute atomic E-state index is 12.8. The molecule has 1 rings (SSSR count). The van der Waals surface area contributed by atoms with Gasteiger partial charge in [0.2, 0.25) is 0 Å². The lowest BCUT2D eigenvalue weighted by Crippen LogP contribution is -2.30. The number of nitrogens with zero attached hydrogens (tertiary/aromatic N) is 1. The van der Waals surface area contributed by atoms with Gasteiger partial charge in [-0.25, -0.2) is 4.39 Å². The molecule has 0 unspecified atom stereocenters. The Morgan fingerprint density at radius 3 is 2.73 bits per heavy atom. The van der Waals surface area contributed by atoms with E-state index in [1.54, 1.807) is 14.0 Å². The number of halogens is 1. The van der Waals surface area contributed by atoms with Crippen molar-refractivity contribution >= 4 is 5.91 Å². The van der Waals surface area contributed by atoms with Crippen molar-refractivity contribution in [2.24, 2.45) is 0 Å². The van der Waals surface area contributed by atoms with Crippen molar-refractivity contribution in [1.29, 1.82) is 0 Å². The summed E-state index contributed by atoms with van der Waals surface area (Å²) in [6.07, 6.45) is 0. The van der Waals surface area contributed by atoms with Crippen LogP contribution in [0.1, 0.15) is 15.9 Å². The molecule has 0 atom stereocenters. The first kappa shape index (κ1) is 11.7. The van der Waals surface area contributed by atoms with Gasteiger partial charge in [0.15, 0.2) is 0 Å². The van der Waals surface area contributed by atoms with Crippen LogP contribution in [0, 0.1) is 12.7 Å². The highest BCUT2D eigenvalue weighted by atomic mass is 19.1. The summed E-state index contributed by atoms with van der Waals surface area (Å²) >= 11 is 0. The first-order valence-corrected chi connectivity index (χ1v) is 4.68. The van der Waals surface area contributed by atoms with Crippen LogP contribution in [0.2, 0.25) is 0 Å². The molecule has 3 nitrogen and oxygen atoms in total. The molecule has 0 aliphatic carbocycles. The van der Waals surface area contributed by atoms with E-state index >= 15 is 0 Å². The number of likely N-dealkylation sites (N-methyl/N-ethyl adjacent to an activating group) is 1. The summed E-state index contributed by atoms with van der Waals surface area (Å²) < 4.78 is 12.8. The molecule has 4 heteroatoms. The Hall–Kier alpha value is -1.42. The van der Waals surface area contributed by atoms with Gasteiger partial charge in [-0.05, 0) is 30.7 Å². The van der Waals surface area contributed by atoms with Gasteiger partial charge < -0.3 is 10.0 Å². The minimum absolute atomic E-state index is 0.0809. The zero-order valence-electron chi connectivity index (χ0n) is 8.83. The minimum atomic E-state index is -0.353. The zero-order chi connectivity index (χ0) is 11.4. The highest BCUT2D eigenvalue weighted by Crippen LogP contribution is 2.11. The third kappa shape index (κ3) is 2.76. The van der Waals surface area contributed by atoms with E-state index in [2.05, 4.69) is 0 Å². The number of carbonyl (C=O) groups is 1. The molecule has 1 aromatic rings. The van der Waals surface area contributed by atoms with E-state index in [4.69, 9.17) is 5.11 Å². The monoisotopic (exact) mass is 211 g/mol. The van der Waals surface area contributed by atoms with Crippen LogP contribution in [-0.2, 0) is 0 Å². The van der Waals surface area contributed by atoms with Crippen molar-refractivity contribution in [2.75, 3.05) is 20.2 Å². The number of hydrogen-bond acceptors (Lipinski definition) is 2. The number of aliphatic hydroxyl groups is 1. The quantitative estimate of drug-likeness (QED) is 0.816. The Labute approximate surface area is 88.1 Å². The van der Waals surface area contributed by atoms with Gasteiger partial charge in [0.1, 0.15) is 5.82 Å². The van der Waals surface area contributed by atoms with Gasteiger partial charge in [-0.1, -0.05) is 0 Å². The number of carbonyl (C=O) groups excluding carboxylic acids is 1. The average Bonchev–Trinajstić information content (AvgIpc) is 2.17. The summed E-state index contributed by atoms with van der Waals surface area (Å²) in [4.78, 5) is 13.2. The topological polar surface area (TPSA) is 40.5 Å². The van der Waals surface area contributed by atoms with Gasteiger partial charge in [-0.3, -0.25) is 4.79 Å². The predicted molar refractivity (Wildman–Crippen MR) is 55.2 cm³/mol.